The summed E-state index contributed by atoms with van der Waals surface area (Å²) in [5.74, 6) is 0.239. The zero-order chi connectivity index (χ0) is 24.0. The molecule has 2 aromatic rings. The fourth-order valence-corrected chi connectivity index (χ4v) is 5.27. The van der Waals surface area contributed by atoms with E-state index in [1.165, 1.54) is 16.8 Å². The Morgan fingerprint density at radius 2 is 1.97 bits per heavy atom. The van der Waals surface area contributed by atoms with Crippen molar-refractivity contribution in [1.82, 2.24) is 14.5 Å². The fourth-order valence-electron chi connectivity index (χ4n) is 4.16. The van der Waals surface area contributed by atoms with Crippen molar-refractivity contribution < 1.29 is 14.3 Å². The van der Waals surface area contributed by atoms with Crippen molar-refractivity contribution >= 4 is 51.5 Å². The van der Waals surface area contributed by atoms with Crippen LogP contribution in [0.1, 0.15) is 17.0 Å². The number of carbonyl (C=O) groups excluding carboxylic acids is 1. The molecule has 1 fully saturated rings. The minimum Gasteiger partial charge on any atom is -0.495 e. The topological polar surface area (TPSA) is 95.5 Å². The molecule has 4 heterocycles. The van der Waals surface area contributed by atoms with Gasteiger partial charge < -0.3 is 18.9 Å². The maximum absolute atomic E-state index is 12.9. The predicted molar refractivity (Wildman–Crippen MR) is 134 cm³/mol. The first-order chi connectivity index (χ1) is 16.4. The Hall–Kier alpha value is -3.08. The molecule has 1 saturated heterocycles. The highest BCUT2D eigenvalue weighted by molar-refractivity contribution is 8.26. The van der Waals surface area contributed by atoms with Crippen molar-refractivity contribution in [2.24, 2.45) is 10.1 Å². The number of hydrogen-bond donors (Lipinski definition) is 1. The summed E-state index contributed by atoms with van der Waals surface area (Å²) in [5.41, 5.74) is 3.61. The number of nitrogens with one attached hydrogen (secondary N) is 1. The molecule has 1 aromatic carbocycles. The van der Waals surface area contributed by atoms with Crippen LogP contribution in [0.25, 0.3) is 11.8 Å². The molecular formula is C23H23ClN6O3S. The van der Waals surface area contributed by atoms with Gasteiger partial charge in [-0.15, -0.1) is 5.10 Å². The second kappa shape index (κ2) is 8.94. The number of aryl methyl sites for hydroxylation is 1. The highest BCUT2D eigenvalue weighted by atomic mass is 35.5. The van der Waals surface area contributed by atoms with Crippen molar-refractivity contribution in [3.8, 4) is 11.4 Å². The first-order valence-electron chi connectivity index (χ1n) is 10.7. The van der Waals surface area contributed by atoms with Gasteiger partial charge in [0, 0.05) is 29.5 Å². The van der Waals surface area contributed by atoms with E-state index in [4.69, 9.17) is 26.5 Å². The van der Waals surface area contributed by atoms with E-state index in [2.05, 4.69) is 15.0 Å². The Morgan fingerprint density at radius 3 is 2.71 bits per heavy atom. The van der Waals surface area contributed by atoms with E-state index < -0.39 is 5.91 Å². The molecular weight excluding hydrogens is 476 g/mol. The molecule has 0 radical (unpaired) electrons. The van der Waals surface area contributed by atoms with Gasteiger partial charge in [-0.25, -0.2) is 0 Å². The van der Waals surface area contributed by atoms with Crippen LogP contribution in [0.5, 0.6) is 5.75 Å². The summed E-state index contributed by atoms with van der Waals surface area (Å²) < 4.78 is 12.9. The normalized spacial score (nSPS) is 19.5. The fraction of sp³-hybridized carbons (Fsp3) is 0.304. The van der Waals surface area contributed by atoms with Crippen LogP contribution >= 0.6 is 23.4 Å². The summed E-state index contributed by atoms with van der Waals surface area (Å²) in [5, 5.41) is 16.4. The number of amides is 1. The van der Waals surface area contributed by atoms with Gasteiger partial charge in [0.05, 0.1) is 31.6 Å². The lowest BCUT2D eigenvalue weighted by atomic mass is 10.1. The highest BCUT2D eigenvalue weighted by Gasteiger charge is 2.37. The van der Waals surface area contributed by atoms with Gasteiger partial charge in [0.15, 0.2) is 11.0 Å². The number of amidine groups is 3. The van der Waals surface area contributed by atoms with Crippen LogP contribution in [0.3, 0.4) is 0 Å². The number of aromatic nitrogens is 1. The van der Waals surface area contributed by atoms with Crippen LogP contribution in [0.4, 0.5) is 0 Å². The molecule has 0 saturated carbocycles. The third-order valence-corrected chi connectivity index (χ3v) is 7.08. The van der Waals surface area contributed by atoms with E-state index in [-0.39, 0.29) is 11.4 Å². The molecule has 9 nitrogen and oxygen atoms in total. The van der Waals surface area contributed by atoms with Crippen LogP contribution < -0.4 is 4.74 Å². The monoisotopic (exact) mass is 498 g/mol. The zero-order valence-electron chi connectivity index (χ0n) is 19.0. The number of morpholine rings is 1. The Balaban J connectivity index is 1.50. The second-order valence-corrected chi connectivity index (χ2v) is 9.35. The Morgan fingerprint density at radius 1 is 1.21 bits per heavy atom. The van der Waals surface area contributed by atoms with Crippen LogP contribution in [-0.4, -0.2) is 70.0 Å². The van der Waals surface area contributed by atoms with E-state index in [1.807, 2.05) is 36.6 Å². The predicted octanol–water partition coefficient (Wildman–Crippen LogP) is 3.67. The number of carbonyl (C=O) groups is 1. The SMILES string of the molecule is COc1ccc(Cl)cc1-n1c(C)cc(/C=C2\C(=N)N3N=C(N4CCOCC4)SC3=NC2=O)c1C. The number of benzene rings is 1. The number of ether oxygens (including phenoxy) is 2. The van der Waals surface area contributed by atoms with Gasteiger partial charge in [-0.05, 0) is 61.5 Å². The summed E-state index contributed by atoms with van der Waals surface area (Å²) in [6.45, 7) is 6.61. The number of fused-ring (bicyclic) bond motifs is 1. The van der Waals surface area contributed by atoms with Gasteiger partial charge in [0.25, 0.3) is 5.91 Å². The molecule has 5 rings (SSSR count). The van der Waals surface area contributed by atoms with E-state index in [1.54, 1.807) is 19.3 Å². The van der Waals surface area contributed by atoms with Crippen molar-refractivity contribution in [2.75, 3.05) is 33.4 Å². The molecule has 34 heavy (non-hydrogen) atoms. The van der Waals surface area contributed by atoms with Crippen molar-refractivity contribution in [3.05, 3.63) is 51.8 Å². The average molecular weight is 499 g/mol. The van der Waals surface area contributed by atoms with E-state index >= 15 is 0 Å². The summed E-state index contributed by atoms with van der Waals surface area (Å²) in [4.78, 5) is 19.2. The number of aliphatic imine (C=N–C) groups is 1. The van der Waals surface area contributed by atoms with Crippen LogP contribution in [0.15, 0.2) is 39.9 Å². The van der Waals surface area contributed by atoms with Gasteiger partial charge in [0.2, 0.25) is 5.17 Å². The molecule has 1 N–H and O–H groups in total. The molecule has 1 aromatic heterocycles. The zero-order valence-corrected chi connectivity index (χ0v) is 20.5. The van der Waals surface area contributed by atoms with Crippen molar-refractivity contribution in [1.29, 1.82) is 5.41 Å². The third-order valence-electron chi connectivity index (χ3n) is 5.88. The van der Waals surface area contributed by atoms with Gasteiger partial charge >= 0.3 is 0 Å². The molecule has 0 unspecified atom stereocenters. The molecule has 3 aliphatic heterocycles. The van der Waals surface area contributed by atoms with Gasteiger partial charge in [0.1, 0.15) is 5.75 Å². The quantitative estimate of drug-likeness (QED) is 0.649. The van der Waals surface area contributed by atoms with Crippen molar-refractivity contribution in [3.63, 3.8) is 0 Å². The maximum Gasteiger partial charge on any atom is 0.283 e. The van der Waals surface area contributed by atoms with Gasteiger partial charge in [-0.3, -0.25) is 10.2 Å². The summed E-state index contributed by atoms with van der Waals surface area (Å²) in [6.07, 6.45) is 1.70. The summed E-state index contributed by atoms with van der Waals surface area (Å²) in [7, 11) is 1.61. The lowest BCUT2D eigenvalue weighted by molar-refractivity contribution is -0.114. The molecule has 1 amide bonds. The highest BCUT2D eigenvalue weighted by Crippen LogP contribution is 2.33. The molecule has 3 aliphatic rings. The number of rotatable bonds is 3. The number of hydrazone groups is 1. The number of methoxy groups -OCH3 is 1. The largest absolute Gasteiger partial charge is 0.495 e. The lowest BCUT2D eigenvalue weighted by Crippen LogP contribution is -2.39. The van der Waals surface area contributed by atoms with Gasteiger partial charge in [-0.2, -0.15) is 10.0 Å². The number of nitrogens with zero attached hydrogens (tertiary/aromatic N) is 5. The molecule has 0 aliphatic carbocycles. The molecule has 176 valence electrons. The van der Waals surface area contributed by atoms with E-state index in [0.717, 1.165) is 40.9 Å². The Kier molecular flexibility index (Phi) is 5.97. The van der Waals surface area contributed by atoms with E-state index in [0.29, 0.717) is 29.2 Å². The summed E-state index contributed by atoms with van der Waals surface area (Å²) >= 11 is 7.56. The Bertz CT molecular complexity index is 1290. The number of thioether (sulfide) groups is 1. The first-order valence-corrected chi connectivity index (χ1v) is 11.9. The number of halogens is 1. The average Bonchev–Trinajstić information content (AvgIpc) is 3.37. The van der Waals surface area contributed by atoms with Crippen LogP contribution in [-0.2, 0) is 9.53 Å². The van der Waals surface area contributed by atoms with E-state index in [9.17, 15) is 4.79 Å². The number of hydrogen-bond acceptors (Lipinski definition) is 7. The van der Waals surface area contributed by atoms with Crippen LogP contribution in [0.2, 0.25) is 5.02 Å². The third kappa shape index (κ3) is 3.91. The molecule has 0 bridgehead atoms. The molecule has 0 spiro atoms. The smallest absolute Gasteiger partial charge is 0.283 e. The summed E-state index contributed by atoms with van der Waals surface area (Å²) in [6, 6.07) is 7.40. The van der Waals surface area contributed by atoms with Crippen LogP contribution in [0, 0.1) is 19.3 Å². The maximum atomic E-state index is 12.9. The van der Waals surface area contributed by atoms with Gasteiger partial charge in [-0.1, -0.05) is 11.6 Å². The minimum absolute atomic E-state index is 0.0101. The standard InChI is InChI=1S/C23H23ClN6O3S/c1-13-10-15(14(2)29(13)18-12-16(24)4-5-19(18)32-3)11-17-20(25)30-22(26-21(17)31)34-23(27-30)28-6-8-33-9-7-28/h4-5,10-12,25H,6-9H2,1-3H3/b17-11+,25-20?. The second-order valence-electron chi connectivity index (χ2n) is 7.98. The molecule has 11 heteroatoms. The molecule has 0 atom stereocenters. The first kappa shape index (κ1) is 22.7. The Labute approximate surface area is 206 Å². The van der Waals surface area contributed by atoms with Crippen molar-refractivity contribution in [2.45, 2.75) is 13.8 Å². The lowest BCUT2D eigenvalue weighted by Gasteiger charge is -2.26. The minimum atomic E-state index is -0.452.